The van der Waals surface area contributed by atoms with Crippen molar-refractivity contribution in [3.8, 4) is 0 Å². The van der Waals surface area contributed by atoms with Crippen molar-refractivity contribution in [3.63, 3.8) is 0 Å². The van der Waals surface area contributed by atoms with Gasteiger partial charge in [-0.2, -0.15) is 0 Å². The number of carbonyl (C=O) groups is 1. The number of piperazine rings is 1. The Hall–Kier alpha value is -0.770. The Labute approximate surface area is 111 Å². The van der Waals surface area contributed by atoms with Crippen LogP contribution in [0.15, 0.2) is 0 Å². The number of hydrogen-bond donors (Lipinski definition) is 1. The molecule has 4 heteroatoms. The molecule has 1 fully saturated rings. The minimum atomic E-state index is -0.410. The van der Waals surface area contributed by atoms with Crippen LogP contribution in [0.5, 0.6) is 0 Å². The van der Waals surface area contributed by atoms with Crippen LogP contribution in [-0.4, -0.2) is 42.3 Å². The highest BCUT2D eigenvalue weighted by Gasteiger charge is 2.29. The van der Waals surface area contributed by atoms with E-state index in [-0.39, 0.29) is 6.09 Å². The van der Waals surface area contributed by atoms with E-state index < -0.39 is 5.60 Å². The number of nitrogens with one attached hydrogen (secondary N) is 1. The quantitative estimate of drug-likeness (QED) is 0.844. The van der Waals surface area contributed by atoms with Gasteiger partial charge < -0.3 is 15.0 Å². The summed E-state index contributed by atoms with van der Waals surface area (Å²) >= 11 is 0. The van der Waals surface area contributed by atoms with Crippen LogP contribution in [0.4, 0.5) is 4.79 Å². The van der Waals surface area contributed by atoms with Crippen LogP contribution < -0.4 is 5.32 Å². The van der Waals surface area contributed by atoms with Crippen LogP contribution in [-0.2, 0) is 4.74 Å². The number of ether oxygens (including phenoxy) is 1. The van der Waals surface area contributed by atoms with Gasteiger partial charge in [0.15, 0.2) is 0 Å². The molecular formula is C14H28N2O2. The smallest absolute Gasteiger partial charge is 0.410 e. The molecule has 0 saturated carbocycles. The Morgan fingerprint density at radius 3 is 2.72 bits per heavy atom. The van der Waals surface area contributed by atoms with E-state index in [0.717, 1.165) is 19.6 Å². The second kappa shape index (κ2) is 6.41. The highest BCUT2D eigenvalue weighted by atomic mass is 16.6. The molecule has 2 unspecified atom stereocenters. The second-order valence-corrected chi connectivity index (χ2v) is 6.25. The summed E-state index contributed by atoms with van der Waals surface area (Å²) in [5, 5.41) is 3.50. The molecule has 0 spiro atoms. The van der Waals surface area contributed by atoms with E-state index in [1.54, 1.807) is 0 Å². The fraction of sp³-hybridized carbons (Fsp3) is 0.929. The van der Waals surface area contributed by atoms with Gasteiger partial charge in [-0.1, -0.05) is 20.3 Å². The number of nitrogens with zero attached hydrogens (tertiary/aromatic N) is 1. The van der Waals surface area contributed by atoms with Gasteiger partial charge >= 0.3 is 6.09 Å². The van der Waals surface area contributed by atoms with E-state index in [1.165, 1.54) is 12.8 Å². The molecule has 0 aromatic rings. The van der Waals surface area contributed by atoms with Crippen LogP contribution >= 0.6 is 0 Å². The Kier molecular flexibility index (Phi) is 5.45. The lowest BCUT2D eigenvalue weighted by molar-refractivity contribution is 0.0174. The maximum absolute atomic E-state index is 12.0. The van der Waals surface area contributed by atoms with E-state index >= 15 is 0 Å². The fourth-order valence-electron chi connectivity index (χ4n) is 2.31. The van der Waals surface area contributed by atoms with E-state index in [0.29, 0.717) is 12.0 Å². The SMILES string of the molecule is CCCC(C)C1CN(C(=O)OC(C)(C)C)CCN1. The zero-order valence-corrected chi connectivity index (χ0v) is 12.5. The van der Waals surface area contributed by atoms with Crippen LogP contribution in [0.25, 0.3) is 0 Å². The van der Waals surface area contributed by atoms with Gasteiger partial charge in [0.05, 0.1) is 0 Å². The van der Waals surface area contributed by atoms with E-state index in [9.17, 15) is 4.79 Å². The average molecular weight is 256 g/mol. The first-order valence-electron chi connectivity index (χ1n) is 7.04. The molecule has 1 saturated heterocycles. The van der Waals surface area contributed by atoms with Gasteiger partial charge in [0, 0.05) is 25.7 Å². The molecule has 2 atom stereocenters. The van der Waals surface area contributed by atoms with Crippen LogP contribution in [0.2, 0.25) is 0 Å². The maximum Gasteiger partial charge on any atom is 0.410 e. The molecular weight excluding hydrogens is 228 g/mol. The third-order valence-corrected chi connectivity index (χ3v) is 3.29. The Balaban J connectivity index is 2.50. The zero-order chi connectivity index (χ0) is 13.8. The molecule has 0 bridgehead atoms. The van der Waals surface area contributed by atoms with E-state index in [2.05, 4.69) is 19.2 Å². The summed E-state index contributed by atoms with van der Waals surface area (Å²) in [6.45, 7) is 12.5. The Bertz CT molecular complexity index is 273. The van der Waals surface area contributed by atoms with Crippen molar-refractivity contribution in [2.24, 2.45) is 5.92 Å². The lowest BCUT2D eigenvalue weighted by Crippen LogP contribution is -2.55. The summed E-state index contributed by atoms with van der Waals surface area (Å²) in [4.78, 5) is 13.8. The summed E-state index contributed by atoms with van der Waals surface area (Å²) in [5.41, 5.74) is -0.410. The second-order valence-electron chi connectivity index (χ2n) is 6.25. The van der Waals surface area contributed by atoms with Crippen molar-refractivity contribution >= 4 is 6.09 Å². The largest absolute Gasteiger partial charge is 0.444 e. The van der Waals surface area contributed by atoms with Gasteiger partial charge in [0.2, 0.25) is 0 Å². The van der Waals surface area contributed by atoms with E-state index in [1.807, 2.05) is 25.7 Å². The monoisotopic (exact) mass is 256 g/mol. The standard InChI is InChI=1S/C14H28N2O2/c1-6-7-11(2)12-10-16(9-8-15-12)13(17)18-14(3,4)5/h11-12,15H,6-10H2,1-5H3. The number of carbonyl (C=O) groups excluding carboxylic acids is 1. The van der Waals surface area contributed by atoms with Crippen molar-refractivity contribution in [3.05, 3.63) is 0 Å². The normalized spacial score (nSPS) is 22.7. The summed E-state index contributed by atoms with van der Waals surface area (Å²) in [5.74, 6) is 0.597. The molecule has 1 aliphatic heterocycles. The van der Waals surface area contributed by atoms with Crippen molar-refractivity contribution in [2.45, 2.75) is 59.1 Å². The van der Waals surface area contributed by atoms with E-state index in [4.69, 9.17) is 4.74 Å². The molecule has 106 valence electrons. The van der Waals surface area contributed by atoms with Crippen molar-refractivity contribution in [1.82, 2.24) is 10.2 Å². The molecule has 1 rings (SSSR count). The zero-order valence-electron chi connectivity index (χ0n) is 12.5. The molecule has 1 amide bonds. The van der Waals surface area contributed by atoms with Crippen molar-refractivity contribution in [2.75, 3.05) is 19.6 Å². The summed E-state index contributed by atoms with van der Waals surface area (Å²) < 4.78 is 5.42. The average Bonchev–Trinajstić information content (AvgIpc) is 2.27. The first kappa shape index (κ1) is 15.3. The molecule has 1 heterocycles. The molecule has 0 aliphatic carbocycles. The molecule has 0 aromatic carbocycles. The van der Waals surface area contributed by atoms with Gasteiger partial charge in [-0.3, -0.25) is 0 Å². The molecule has 18 heavy (non-hydrogen) atoms. The molecule has 4 nitrogen and oxygen atoms in total. The third kappa shape index (κ3) is 4.84. The first-order chi connectivity index (χ1) is 8.33. The Morgan fingerprint density at radius 1 is 1.50 bits per heavy atom. The highest BCUT2D eigenvalue weighted by Crippen LogP contribution is 2.16. The summed E-state index contributed by atoms with van der Waals surface area (Å²) in [6.07, 6.45) is 2.20. The lowest BCUT2D eigenvalue weighted by Gasteiger charge is -2.37. The third-order valence-electron chi connectivity index (χ3n) is 3.29. The highest BCUT2D eigenvalue weighted by molar-refractivity contribution is 5.68. The van der Waals surface area contributed by atoms with Gasteiger partial charge in [-0.05, 0) is 33.1 Å². The predicted molar refractivity (Wildman–Crippen MR) is 73.7 cm³/mol. The van der Waals surface area contributed by atoms with Crippen LogP contribution in [0.3, 0.4) is 0 Å². The molecule has 1 N–H and O–H groups in total. The van der Waals surface area contributed by atoms with Gasteiger partial charge in [0.1, 0.15) is 5.60 Å². The summed E-state index contributed by atoms with van der Waals surface area (Å²) in [6, 6.07) is 0.395. The maximum atomic E-state index is 12.0. The van der Waals surface area contributed by atoms with Crippen LogP contribution in [0, 0.1) is 5.92 Å². The first-order valence-corrected chi connectivity index (χ1v) is 7.04. The van der Waals surface area contributed by atoms with Crippen molar-refractivity contribution < 1.29 is 9.53 Å². The number of hydrogen-bond acceptors (Lipinski definition) is 3. The van der Waals surface area contributed by atoms with Crippen LogP contribution in [0.1, 0.15) is 47.5 Å². The van der Waals surface area contributed by atoms with Gasteiger partial charge in [0.25, 0.3) is 0 Å². The molecule has 0 aromatic heterocycles. The number of amides is 1. The topological polar surface area (TPSA) is 41.6 Å². The predicted octanol–water partition coefficient (Wildman–Crippen LogP) is 2.63. The molecule has 0 radical (unpaired) electrons. The fourth-order valence-corrected chi connectivity index (χ4v) is 2.31. The summed E-state index contributed by atoms with van der Waals surface area (Å²) in [7, 11) is 0. The minimum Gasteiger partial charge on any atom is -0.444 e. The van der Waals surface area contributed by atoms with Crippen molar-refractivity contribution in [1.29, 1.82) is 0 Å². The lowest BCUT2D eigenvalue weighted by atomic mass is 9.95. The van der Waals surface area contributed by atoms with Gasteiger partial charge in [-0.25, -0.2) is 4.79 Å². The van der Waals surface area contributed by atoms with Gasteiger partial charge in [-0.15, -0.1) is 0 Å². The Morgan fingerprint density at radius 2 is 2.17 bits per heavy atom. The number of rotatable bonds is 3. The molecule has 1 aliphatic rings. The minimum absolute atomic E-state index is 0.183.